The number of anilines is 2. The third kappa shape index (κ3) is 2.33. The maximum Gasteiger partial charge on any atom is 0.238 e. The molecule has 2 saturated heterocycles. The van der Waals surface area contributed by atoms with E-state index in [-0.39, 0.29) is 71.0 Å². The van der Waals surface area contributed by atoms with E-state index in [4.69, 9.17) is 0 Å². The van der Waals surface area contributed by atoms with Gasteiger partial charge in [0, 0.05) is 0 Å². The Labute approximate surface area is 213 Å². The van der Waals surface area contributed by atoms with Crippen LogP contribution >= 0.6 is 0 Å². The first-order chi connectivity index (χ1) is 18.0. The van der Waals surface area contributed by atoms with Crippen LogP contribution in [0.25, 0.3) is 11.1 Å². The van der Waals surface area contributed by atoms with Crippen LogP contribution in [0.15, 0.2) is 60.7 Å². The first kappa shape index (κ1) is 20.3. The Kier molecular flexibility index (Phi) is 3.59. The topological polar surface area (TPSA) is 74.8 Å². The minimum Gasteiger partial charge on any atom is -0.274 e. The second-order valence-electron chi connectivity index (χ2n) is 11.9. The number of allylic oxidation sites excluding steroid dienone is 4. The lowest BCUT2D eigenvalue weighted by Gasteiger charge is -2.19. The number of amides is 4. The first-order valence-electron chi connectivity index (χ1n) is 13.4. The van der Waals surface area contributed by atoms with Crippen LogP contribution in [0.4, 0.5) is 11.4 Å². The SMILES string of the molecule is O=C1[C@@H]2[C@H](C(=O)N1c1ccc3c(c1)-c1cc(N4C(=O)[C@H]5[C@H](C4=O)[C@H]4C=C[C@H]5C4)ccc1C3)[C@H]1C=C[C@H]2C1. The van der Waals surface area contributed by atoms with Crippen LogP contribution in [0.1, 0.15) is 24.0 Å². The summed E-state index contributed by atoms with van der Waals surface area (Å²) in [4.78, 5) is 56.3. The molecule has 37 heavy (non-hydrogen) atoms. The zero-order valence-corrected chi connectivity index (χ0v) is 20.0. The maximum absolute atomic E-state index is 13.4. The number of nitrogens with zero attached hydrogens (tertiary/aromatic N) is 2. The first-order valence-corrected chi connectivity index (χ1v) is 13.4. The largest absolute Gasteiger partial charge is 0.274 e. The number of carbonyl (C=O) groups is 4. The van der Waals surface area contributed by atoms with Gasteiger partial charge in [-0.3, -0.25) is 19.2 Å². The van der Waals surface area contributed by atoms with Gasteiger partial charge in [-0.05, 0) is 89.5 Å². The summed E-state index contributed by atoms with van der Waals surface area (Å²) in [6, 6.07) is 11.7. The smallest absolute Gasteiger partial charge is 0.238 e. The van der Waals surface area contributed by atoms with E-state index in [2.05, 4.69) is 24.3 Å². The molecule has 0 N–H and O–H groups in total. The van der Waals surface area contributed by atoms with Crippen LogP contribution in [-0.2, 0) is 25.6 Å². The van der Waals surface area contributed by atoms with Gasteiger partial charge < -0.3 is 0 Å². The molecular weight excluding hydrogens is 464 g/mol. The highest BCUT2D eigenvalue weighted by Crippen LogP contribution is 2.55. The van der Waals surface area contributed by atoms with E-state index in [0.29, 0.717) is 11.4 Å². The van der Waals surface area contributed by atoms with Gasteiger partial charge in [-0.15, -0.1) is 0 Å². The molecule has 5 aliphatic carbocycles. The molecular formula is C31H24N2O4. The normalized spacial score (nSPS) is 37.3. The number of rotatable bonds is 2. The van der Waals surface area contributed by atoms with Crippen molar-refractivity contribution >= 4 is 35.0 Å². The average molecular weight is 489 g/mol. The lowest BCUT2D eigenvalue weighted by atomic mass is 9.85. The van der Waals surface area contributed by atoms with E-state index in [0.717, 1.165) is 41.5 Å². The summed E-state index contributed by atoms with van der Waals surface area (Å²) in [6.45, 7) is 0. The van der Waals surface area contributed by atoms with Crippen molar-refractivity contribution in [1.29, 1.82) is 0 Å². The van der Waals surface area contributed by atoms with E-state index in [1.807, 2.05) is 36.4 Å². The summed E-state index contributed by atoms with van der Waals surface area (Å²) in [6.07, 6.45) is 11.0. The summed E-state index contributed by atoms with van der Waals surface area (Å²) in [5.74, 6) is -0.546. The number of hydrogen-bond donors (Lipinski definition) is 0. The van der Waals surface area contributed by atoms with E-state index in [1.54, 1.807) is 0 Å². The van der Waals surface area contributed by atoms with Crippen molar-refractivity contribution in [2.75, 3.05) is 9.80 Å². The third-order valence-electron chi connectivity index (χ3n) is 10.3. The monoisotopic (exact) mass is 488 g/mol. The lowest BCUT2D eigenvalue weighted by Crippen LogP contribution is -2.33. The minimum absolute atomic E-state index is 0.0817. The number of benzene rings is 2. The Morgan fingerprint density at radius 3 is 1.22 bits per heavy atom. The van der Waals surface area contributed by atoms with Crippen LogP contribution in [-0.4, -0.2) is 23.6 Å². The molecule has 2 aliphatic heterocycles. The van der Waals surface area contributed by atoms with E-state index < -0.39 is 0 Å². The van der Waals surface area contributed by atoms with Crippen LogP contribution in [0.5, 0.6) is 0 Å². The van der Waals surface area contributed by atoms with Gasteiger partial charge in [0.2, 0.25) is 23.6 Å². The molecule has 0 unspecified atom stereocenters. The molecule has 2 aromatic carbocycles. The van der Waals surface area contributed by atoms with E-state index >= 15 is 0 Å². The second-order valence-corrected chi connectivity index (χ2v) is 11.9. The standard InChI is InChI=1S/C31H24N2O4/c34-28-24-16-1-2-17(10-16)25(24)29(35)32(28)20-7-5-14-9-15-6-8-21(13-23(15)22(14)12-20)33-30(36)26-18-3-4-19(11-18)27(26)31(33)37/h1-8,12-13,16-19,24-27H,9-11H2/t16-,17-,18-,19-,24-,25+,26+,27+/m0/s1. The van der Waals surface area contributed by atoms with Crippen LogP contribution < -0.4 is 9.80 Å². The van der Waals surface area contributed by atoms with Gasteiger partial charge in [0.15, 0.2) is 0 Å². The molecule has 6 nitrogen and oxygen atoms in total. The van der Waals surface area contributed by atoms with Crippen LogP contribution in [0.2, 0.25) is 0 Å². The highest BCUT2D eigenvalue weighted by atomic mass is 16.2. The highest BCUT2D eigenvalue weighted by Gasteiger charge is 2.60. The number of fused-ring (bicyclic) bond motifs is 13. The summed E-state index contributed by atoms with van der Waals surface area (Å²) in [7, 11) is 0. The molecule has 9 rings (SSSR count). The van der Waals surface area contributed by atoms with Gasteiger partial charge in [-0.2, -0.15) is 0 Å². The summed E-state index contributed by atoms with van der Waals surface area (Å²) < 4.78 is 0. The number of imide groups is 2. The van der Waals surface area contributed by atoms with Crippen molar-refractivity contribution in [2.45, 2.75) is 19.3 Å². The number of carbonyl (C=O) groups excluding carboxylic acids is 4. The highest BCUT2D eigenvalue weighted by molar-refractivity contribution is 6.24. The molecule has 4 fully saturated rings. The molecule has 2 saturated carbocycles. The molecule has 8 atom stereocenters. The minimum atomic E-state index is -0.230. The Balaban J connectivity index is 1.08. The molecule has 4 amide bonds. The molecule has 2 heterocycles. The molecule has 6 heteroatoms. The van der Waals surface area contributed by atoms with Crippen molar-refractivity contribution < 1.29 is 19.2 Å². The Bertz CT molecular complexity index is 1390. The molecule has 182 valence electrons. The molecule has 4 bridgehead atoms. The summed E-state index contributed by atoms with van der Waals surface area (Å²) in [5, 5.41) is 0. The second kappa shape index (κ2) is 6.55. The molecule has 0 aromatic heterocycles. The van der Waals surface area contributed by atoms with Crippen molar-refractivity contribution in [3.63, 3.8) is 0 Å². The fourth-order valence-electron chi connectivity index (χ4n) is 8.74. The van der Waals surface area contributed by atoms with Gasteiger partial charge in [-0.1, -0.05) is 36.4 Å². The fraction of sp³-hybridized carbons (Fsp3) is 0.355. The Morgan fingerprint density at radius 2 is 0.865 bits per heavy atom. The summed E-state index contributed by atoms with van der Waals surface area (Å²) >= 11 is 0. The maximum atomic E-state index is 13.4. The lowest BCUT2D eigenvalue weighted by molar-refractivity contribution is -0.124. The van der Waals surface area contributed by atoms with Crippen molar-refractivity contribution in [1.82, 2.24) is 0 Å². The van der Waals surface area contributed by atoms with Gasteiger partial charge in [0.1, 0.15) is 0 Å². The number of hydrogen-bond acceptors (Lipinski definition) is 4. The van der Waals surface area contributed by atoms with Crippen molar-refractivity contribution in [3.05, 3.63) is 71.8 Å². The predicted octanol–water partition coefficient (Wildman–Crippen LogP) is 3.88. The van der Waals surface area contributed by atoms with E-state index in [9.17, 15) is 19.2 Å². The zero-order valence-electron chi connectivity index (χ0n) is 20.0. The molecule has 0 spiro atoms. The van der Waals surface area contributed by atoms with Crippen molar-refractivity contribution in [2.24, 2.45) is 47.3 Å². The molecule has 2 aromatic rings. The van der Waals surface area contributed by atoms with Crippen LogP contribution in [0.3, 0.4) is 0 Å². The quantitative estimate of drug-likeness (QED) is 0.405. The van der Waals surface area contributed by atoms with Gasteiger partial charge >= 0.3 is 0 Å². The predicted molar refractivity (Wildman–Crippen MR) is 135 cm³/mol. The zero-order chi connectivity index (χ0) is 24.7. The third-order valence-corrected chi connectivity index (χ3v) is 10.3. The fourth-order valence-corrected chi connectivity index (χ4v) is 8.74. The average Bonchev–Trinajstić information content (AvgIpc) is 3.74. The summed E-state index contributed by atoms with van der Waals surface area (Å²) in [5.41, 5.74) is 5.41. The Hall–Kier alpha value is -3.80. The molecule has 7 aliphatic rings. The Morgan fingerprint density at radius 1 is 0.514 bits per heavy atom. The van der Waals surface area contributed by atoms with Gasteiger partial charge in [0.05, 0.1) is 35.0 Å². The van der Waals surface area contributed by atoms with Gasteiger partial charge in [-0.25, -0.2) is 9.80 Å². The van der Waals surface area contributed by atoms with Gasteiger partial charge in [0.25, 0.3) is 0 Å². The molecule has 0 radical (unpaired) electrons. The van der Waals surface area contributed by atoms with Crippen LogP contribution in [0, 0.1) is 47.3 Å². The van der Waals surface area contributed by atoms with Crippen molar-refractivity contribution in [3.8, 4) is 11.1 Å². The van der Waals surface area contributed by atoms with E-state index in [1.165, 1.54) is 9.80 Å².